The Kier molecular flexibility index (Phi) is 4.18. The Morgan fingerprint density at radius 2 is 2.19 bits per heavy atom. The summed E-state index contributed by atoms with van der Waals surface area (Å²) in [5.74, 6) is -1.76. The van der Waals surface area contributed by atoms with Gasteiger partial charge in [0, 0.05) is 13.1 Å². The number of alkyl halides is 3. The summed E-state index contributed by atoms with van der Waals surface area (Å²) >= 11 is 0. The maximum absolute atomic E-state index is 12.5. The molecule has 1 saturated heterocycles. The zero-order chi connectivity index (χ0) is 12.3. The zero-order valence-electron chi connectivity index (χ0n) is 9.26. The quantitative estimate of drug-likeness (QED) is 0.793. The Hall–Kier alpha value is -0.780. The molecule has 1 amide bonds. The molecule has 0 aliphatic carbocycles. The minimum atomic E-state index is -4.21. The number of carbonyl (C=O) groups is 1. The molecule has 2 N–H and O–H groups in total. The molecule has 0 spiro atoms. The summed E-state index contributed by atoms with van der Waals surface area (Å²) in [6.45, 7) is 1.89. The number of carbonyl (C=O) groups excluding carboxylic acids is 1. The summed E-state index contributed by atoms with van der Waals surface area (Å²) in [7, 11) is 0. The van der Waals surface area contributed by atoms with Crippen LogP contribution in [-0.2, 0) is 4.79 Å². The summed E-state index contributed by atoms with van der Waals surface area (Å²) in [5.41, 5.74) is 5.53. The lowest BCUT2D eigenvalue weighted by molar-refractivity contribution is -0.188. The molecule has 1 rings (SSSR count). The fourth-order valence-corrected chi connectivity index (χ4v) is 1.85. The van der Waals surface area contributed by atoms with Gasteiger partial charge in [-0.05, 0) is 19.3 Å². The van der Waals surface area contributed by atoms with Crippen LogP contribution in [0.1, 0.15) is 26.2 Å². The van der Waals surface area contributed by atoms with Crippen LogP contribution in [0.4, 0.5) is 13.2 Å². The lowest BCUT2D eigenvalue weighted by Crippen LogP contribution is -2.50. The van der Waals surface area contributed by atoms with Gasteiger partial charge in [-0.15, -0.1) is 0 Å². The number of halogens is 3. The Morgan fingerprint density at radius 1 is 1.56 bits per heavy atom. The van der Waals surface area contributed by atoms with Gasteiger partial charge in [0.05, 0.1) is 12.0 Å². The third-order valence-corrected chi connectivity index (χ3v) is 2.95. The highest BCUT2D eigenvalue weighted by atomic mass is 19.4. The molecular formula is C10H17F3N2O. The van der Waals surface area contributed by atoms with Crippen molar-refractivity contribution in [2.24, 2.45) is 11.7 Å². The number of hydrogen-bond acceptors (Lipinski definition) is 2. The van der Waals surface area contributed by atoms with Crippen LogP contribution < -0.4 is 5.73 Å². The van der Waals surface area contributed by atoms with Crippen molar-refractivity contribution in [3.63, 3.8) is 0 Å². The van der Waals surface area contributed by atoms with E-state index in [1.165, 1.54) is 4.90 Å². The van der Waals surface area contributed by atoms with Gasteiger partial charge < -0.3 is 10.6 Å². The number of hydrogen-bond donors (Lipinski definition) is 1. The highest BCUT2D eigenvalue weighted by Crippen LogP contribution is 2.33. The molecular weight excluding hydrogens is 221 g/mol. The monoisotopic (exact) mass is 238 g/mol. The van der Waals surface area contributed by atoms with Crippen molar-refractivity contribution >= 4 is 5.91 Å². The first-order valence-corrected chi connectivity index (χ1v) is 5.47. The fraction of sp³-hybridized carbons (Fsp3) is 0.900. The summed E-state index contributed by atoms with van der Waals surface area (Å²) in [4.78, 5) is 12.9. The standard InChI is InChI=1S/C10H17F3N2O/c1-2-8(14)9(16)15-5-3-4-7(6-15)10(11,12)13/h7-8H,2-6,14H2,1H3. The van der Waals surface area contributed by atoms with Gasteiger partial charge in [-0.25, -0.2) is 0 Å². The molecule has 0 aromatic carbocycles. The van der Waals surface area contributed by atoms with Gasteiger partial charge in [0.1, 0.15) is 0 Å². The number of nitrogens with zero attached hydrogens (tertiary/aromatic N) is 1. The predicted molar refractivity (Wildman–Crippen MR) is 53.6 cm³/mol. The van der Waals surface area contributed by atoms with Crippen molar-refractivity contribution < 1.29 is 18.0 Å². The Balaban J connectivity index is 2.60. The second-order valence-electron chi connectivity index (χ2n) is 4.18. The maximum Gasteiger partial charge on any atom is 0.393 e. The number of likely N-dealkylation sites (tertiary alicyclic amines) is 1. The van der Waals surface area contributed by atoms with E-state index in [4.69, 9.17) is 5.73 Å². The van der Waals surface area contributed by atoms with Crippen LogP contribution in [0.15, 0.2) is 0 Å². The second-order valence-corrected chi connectivity index (χ2v) is 4.18. The van der Waals surface area contributed by atoms with Gasteiger partial charge in [-0.3, -0.25) is 4.79 Å². The van der Waals surface area contributed by atoms with Crippen molar-refractivity contribution in [3.8, 4) is 0 Å². The average molecular weight is 238 g/mol. The maximum atomic E-state index is 12.5. The molecule has 3 nitrogen and oxygen atoms in total. The minimum Gasteiger partial charge on any atom is -0.341 e. The van der Waals surface area contributed by atoms with E-state index < -0.39 is 18.1 Å². The van der Waals surface area contributed by atoms with Crippen molar-refractivity contribution in [3.05, 3.63) is 0 Å². The lowest BCUT2D eigenvalue weighted by Gasteiger charge is -2.34. The van der Waals surface area contributed by atoms with E-state index in [0.29, 0.717) is 19.4 Å². The fourth-order valence-electron chi connectivity index (χ4n) is 1.85. The second kappa shape index (κ2) is 5.03. The first-order valence-electron chi connectivity index (χ1n) is 5.47. The van der Waals surface area contributed by atoms with Crippen LogP contribution in [-0.4, -0.2) is 36.1 Å². The first-order chi connectivity index (χ1) is 7.36. The molecule has 1 heterocycles. The van der Waals surface area contributed by atoms with Gasteiger partial charge >= 0.3 is 6.18 Å². The van der Waals surface area contributed by atoms with Crippen molar-refractivity contribution in [1.82, 2.24) is 4.90 Å². The van der Waals surface area contributed by atoms with Crippen molar-refractivity contribution in [1.29, 1.82) is 0 Å². The third-order valence-electron chi connectivity index (χ3n) is 2.95. The van der Waals surface area contributed by atoms with Crippen LogP contribution >= 0.6 is 0 Å². The molecule has 0 bridgehead atoms. The van der Waals surface area contributed by atoms with E-state index >= 15 is 0 Å². The molecule has 6 heteroatoms. The van der Waals surface area contributed by atoms with Crippen LogP contribution in [0.3, 0.4) is 0 Å². The van der Waals surface area contributed by atoms with Gasteiger partial charge in [-0.1, -0.05) is 6.92 Å². The zero-order valence-corrected chi connectivity index (χ0v) is 9.26. The molecule has 2 atom stereocenters. The number of piperidine rings is 1. The average Bonchev–Trinajstić information content (AvgIpc) is 2.26. The molecule has 1 aliphatic rings. The SMILES string of the molecule is CCC(N)C(=O)N1CCCC(C(F)(F)F)C1. The molecule has 0 aromatic heterocycles. The Labute approximate surface area is 92.8 Å². The van der Waals surface area contributed by atoms with E-state index in [2.05, 4.69) is 0 Å². The topological polar surface area (TPSA) is 46.3 Å². The molecule has 2 unspecified atom stereocenters. The van der Waals surface area contributed by atoms with Gasteiger partial charge in [0.2, 0.25) is 5.91 Å². The number of nitrogens with two attached hydrogens (primary N) is 1. The third kappa shape index (κ3) is 3.10. The number of amides is 1. The summed E-state index contributed by atoms with van der Waals surface area (Å²) in [6.07, 6.45) is -3.26. The summed E-state index contributed by atoms with van der Waals surface area (Å²) in [5, 5.41) is 0. The Bertz CT molecular complexity index is 255. The van der Waals surface area contributed by atoms with Crippen molar-refractivity contribution in [2.45, 2.75) is 38.4 Å². The highest BCUT2D eigenvalue weighted by Gasteiger charge is 2.42. The molecule has 0 saturated carbocycles. The predicted octanol–water partition coefficient (Wildman–Crippen LogP) is 1.52. The largest absolute Gasteiger partial charge is 0.393 e. The molecule has 94 valence electrons. The van der Waals surface area contributed by atoms with Crippen LogP contribution in [0.5, 0.6) is 0 Å². The van der Waals surface area contributed by atoms with Gasteiger partial charge in [-0.2, -0.15) is 13.2 Å². The van der Waals surface area contributed by atoms with E-state index in [9.17, 15) is 18.0 Å². The molecule has 1 fully saturated rings. The van der Waals surface area contributed by atoms with Crippen LogP contribution in [0.25, 0.3) is 0 Å². The normalized spacial score (nSPS) is 24.3. The molecule has 16 heavy (non-hydrogen) atoms. The first kappa shape index (κ1) is 13.3. The summed E-state index contributed by atoms with van der Waals surface area (Å²) < 4.78 is 37.5. The molecule has 0 radical (unpaired) electrons. The summed E-state index contributed by atoms with van der Waals surface area (Å²) in [6, 6.07) is -0.674. The minimum absolute atomic E-state index is 0.106. The van der Waals surface area contributed by atoms with E-state index in [1.807, 2.05) is 0 Å². The van der Waals surface area contributed by atoms with Crippen LogP contribution in [0, 0.1) is 5.92 Å². The van der Waals surface area contributed by atoms with E-state index in [-0.39, 0.29) is 18.9 Å². The van der Waals surface area contributed by atoms with Crippen LogP contribution in [0.2, 0.25) is 0 Å². The van der Waals surface area contributed by atoms with E-state index in [1.54, 1.807) is 6.92 Å². The van der Waals surface area contributed by atoms with Crippen molar-refractivity contribution in [2.75, 3.05) is 13.1 Å². The Morgan fingerprint density at radius 3 is 2.69 bits per heavy atom. The smallest absolute Gasteiger partial charge is 0.341 e. The van der Waals surface area contributed by atoms with Gasteiger partial charge in [0.25, 0.3) is 0 Å². The number of rotatable bonds is 2. The molecule has 1 aliphatic heterocycles. The highest BCUT2D eigenvalue weighted by molar-refractivity contribution is 5.81. The lowest BCUT2D eigenvalue weighted by atomic mass is 9.97. The molecule has 0 aromatic rings. The van der Waals surface area contributed by atoms with Gasteiger partial charge in [0.15, 0.2) is 0 Å². The van der Waals surface area contributed by atoms with E-state index in [0.717, 1.165) is 0 Å².